The molecule has 7 nitrogen and oxygen atoms in total. The van der Waals surface area contributed by atoms with Crippen LogP contribution in [0, 0.1) is 0 Å². The molecule has 0 saturated carbocycles. The van der Waals surface area contributed by atoms with Gasteiger partial charge in [0.05, 0.1) is 5.69 Å². The first-order chi connectivity index (χ1) is 9.74. The highest BCUT2D eigenvalue weighted by atomic mass is 16.1. The summed E-state index contributed by atoms with van der Waals surface area (Å²) in [4.78, 5) is 23.8. The minimum absolute atomic E-state index is 0.0431. The zero-order valence-electron chi connectivity index (χ0n) is 11.4. The second-order valence-corrected chi connectivity index (χ2v) is 4.63. The second-order valence-electron chi connectivity index (χ2n) is 4.63. The van der Waals surface area contributed by atoms with Gasteiger partial charge in [-0.1, -0.05) is 0 Å². The van der Waals surface area contributed by atoms with Crippen molar-refractivity contribution in [1.29, 1.82) is 0 Å². The van der Waals surface area contributed by atoms with Crippen LogP contribution in [0.5, 0.6) is 0 Å². The fourth-order valence-corrected chi connectivity index (χ4v) is 1.90. The van der Waals surface area contributed by atoms with Gasteiger partial charge < -0.3 is 5.32 Å². The molecule has 0 aromatic carbocycles. The molecule has 0 aliphatic heterocycles. The molecule has 1 atom stereocenters. The van der Waals surface area contributed by atoms with Crippen molar-refractivity contribution in [2.75, 3.05) is 0 Å². The van der Waals surface area contributed by atoms with E-state index in [1.54, 1.807) is 29.6 Å². The van der Waals surface area contributed by atoms with Crippen molar-refractivity contribution >= 4 is 5.91 Å². The molecule has 2 rings (SSSR count). The molecule has 0 fully saturated rings. The molecule has 106 valence electrons. The van der Waals surface area contributed by atoms with Crippen LogP contribution in [0.1, 0.15) is 25.5 Å². The number of aromatic nitrogens is 5. The molecule has 0 spiro atoms. The van der Waals surface area contributed by atoms with Gasteiger partial charge >= 0.3 is 0 Å². The normalized spacial score (nSPS) is 12.1. The van der Waals surface area contributed by atoms with Gasteiger partial charge in [-0.15, -0.1) is 0 Å². The first-order valence-corrected chi connectivity index (χ1v) is 6.60. The number of nitrogens with zero attached hydrogens (tertiary/aromatic N) is 5. The Hall–Kier alpha value is -2.31. The molecule has 7 heteroatoms. The Balaban J connectivity index is 1.66. The highest BCUT2D eigenvalue weighted by Crippen LogP contribution is 1.99. The Kier molecular flexibility index (Phi) is 5.16. The van der Waals surface area contributed by atoms with E-state index in [4.69, 9.17) is 0 Å². The Bertz CT molecular complexity index is 513. The van der Waals surface area contributed by atoms with Crippen LogP contribution in [-0.2, 0) is 17.8 Å². The number of aryl methyl sites for hydroxylation is 1. The van der Waals surface area contributed by atoms with E-state index in [1.807, 2.05) is 6.92 Å². The Morgan fingerprint density at radius 2 is 2.30 bits per heavy atom. The third kappa shape index (κ3) is 4.75. The van der Waals surface area contributed by atoms with Crippen LogP contribution in [-0.4, -0.2) is 36.7 Å². The zero-order chi connectivity index (χ0) is 14.2. The summed E-state index contributed by atoms with van der Waals surface area (Å²) < 4.78 is 1.72. The molecule has 2 aromatic heterocycles. The predicted octanol–water partition coefficient (Wildman–Crippen LogP) is 0.596. The molecule has 0 unspecified atom stereocenters. The van der Waals surface area contributed by atoms with Gasteiger partial charge in [0.1, 0.15) is 12.7 Å². The van der Waals surface area contributed by atoms with Crippen molar-refractivity contribution in [3.8, 4) is 0 Å². The van der Waals surface area contributed by atoms with E-state index in [0.717, 1.165) is 12.1 Å². The average Bonchev–Trinajstić information content (AvgIpc) is 2.93. The van der Waals surface area contributed by atoms with E-state index < -0.39 is 0 Å². The van der Waals surface area contributed by atoms with Crippen LogP contribution in [0.2, 0.25) is 0 Å². The topological polar surface area (TPSA) is 85.6 Å². The summed E-state index contributed by atoms with van der Waals surface area (Å²) in [7, 11) is 0. The van der Waals surface area contributed by atoms with Gasteiger partial charge in [-0.25, -0.2) is 4.98 Å². The summed E-state index contributed by atoms with van der Waals surface area (Å²) >= 11 is 0. The fraction of sp³-hybridized carbons (Fsp3) is 0.462. The predicted molar refractivity (Wildman–Crippen MR) is 72.6 cm³/mol. The maximum absolute atomic E-state index is 11.8. The van der Waals surface area contributed by atoms with Crippen LogP contribution in [0.15, 0.2) is 31.2 Å². The molecule has 0 saturated heterocycles. The maximum atomic E-state index is 11.8. The minimum atomic E-state index is 0.0431. The average molecular weight is 274 g/mol. The van der Waals surface area contributed by atoms with E-state index in [1.165, 1.54) is 6.33 Å². The summed E-state index contributed by atoms with van der Waals surface area (Å²) in [6.07, 6.45) is 10.0. The molecular formula is C13H18N6O. The van der Waals surface area contributed by atoms with Crippen molar-refractivity contribution in [2.45, 2.75) is 38.8 Å². The summed E-state index contributed by atoms with van der Waals surface area (Å²) in [6.45, 7) is 2.66. The van der Waals surface area contributed by atoms with Gasteiger partial charge in [0.15, 0.2) is 0 Å². The van der Waals surface area contributed by atoms with Crippen LogP contribution >= 0.6 is 0 Å². The van der Waals surface area contributed by atoms with Gasteiger partial charge in [0.2, 0.25) is 5.91 Å². The van der Waals surface area contributed by atoms with E-state index in [-0.39, 0.29) is 11.9 Å². The Labute approximate surface area is 117 Å². The molecule has 2 heterocycles. The van der Waals surface area contributed by atoms with Gasteiger partial charge in [-0.2, -0.15) is 5.10 Å². The molecular weight excluding hydrogens is 256 g/mol. The standard InChI is InChI=1S/C13H18N6O/c1-11(7-12-8-14-4-5-16-12)18-13(20)3-2-6-19-10-15-9-17-19/h4-5,8-11H,2-3,6-7H2,1H3,(H,18,20)/t11-/m1/s1. The van der Waals surface area contributed by atoms with E-state index >= 15 is 0 Å². The molecule has 0 aliphatic carbocycles. The fourth-order valence-electron chi connectivity index (χ4n) is 1.90. The van der Waals surface area contributed by atoms with E-state index in [9.17, 15) is 4.79 Å². The lowest BCUT2D eigenvalue weighted by molar-refractivity contribution is -0.121. The number of carbonyl (C=O) groups is 1. The quantitative estimate of drug-likeness (QED) is 0.799. The van der Waals surface area contributed by atoms with Crippen LogP contribution < -0.4 is 5.32 Å². The largest absolute Gasteiger partial charge is 0.353 e. The van der Waals surface area contributed by atoms with Crippen molar-refractivity contribution < 1.29 is 4.79 Å². The van der Waals surface area contributed by atoms with Crippen molar-refractivity contribution in [3.05, 3.63) is 36.9 Å². The lowest BCUT2D eigenvalue weighted by atomic mass is 10.2. The zero-order valence-corrected chi connectivity index (χ0v) is 11.4. The second kappa shape index (κ2) is 7.32. The van der Waals surface area contributed by atoms with Gasteiger partial charge in [0, 0.05) is 44.0 Å². The summed E-state index contributed by atoms with van der Waals surface area (Å²) in [5.41, 5.74) is 0.878. The number of hydrogen-bond acceptors (Lipinski definition) is 5. The lowest BCUT2D eigenvalue weighted by Gasteiger charge is -2.13. The minimum Gasteiger partial charge on any atom is -0.353 e. The first-order valence-electron chi connectivity index (χ1n) is 6.60. The van der Waals surface area contributed by atoms with Crippen molar-refractivity contribution in [1.82, 2.24) is 30.0 Å². The highest BCUT2D eigenvalue weighted by molar-refractivity contribution is 5.76. The summed E-state index contributed by atoms with van der Waals surface area (Å²) in [6, 6.07) is 0.0468. The summed E-state index contributed by atoms with van der Waals surface area (Å²) in [5, 5.41) is 6.94. The van der Waals surface area contributed by atoms with Crippen molar-refractivity contribution in [3.63, 3.8) is 0 Å². The Morgan fingerprint density at radius 3 is 3.00 bits per heavy atom. The van der Waals surface area contributed by atoms with Crippen molar-refractivity contribution in [2.24, 2.45) is 0 Å². The SMILES string of the molecule is C[C@H](Cc1cnccn1)NC(=O)CCCn1cncn1. The third-order valence-corrected chi connectivity index (χ3v) is 2.80. The summed E-state index contributed by atoms with van der Waals surface area (Å²) in [5.74, 6) is 0.0431. The lowest BCUT2D eigenvalue weighted by Crippen LogP contribution is -2.34. The number of carbonyl (C=O) groups excluding carboxylic acids is 1. The van der Waals surface area contributed by atoms with E-state index in [0.29, 0.717) is 19.4 Å². The molecule has 1 N–H and O–H groups in total. The number of amides is 1. The number of hydrogen-bond donors (Lipinski definition) is 1. The van der Waals surface area contributed by atoms with Gasteiger partial charge in [0.25, 0.3) is 0 Å². The number of rotatable bonds is 7. The molecule has 20 heavy (non-hydrogen) atoms. The molecule has 0 radical (unpaired) electrons. The third-order valence-electron chi connectivity index (χ3n) is 2.80. The molecule has 2 aromatic rings. The van der Waals surface area contributed by atoms with Crippen LogP contribution in [0.3, 0.4) is 0 Å². The van der Waals surface area contributed by atoms with E-state index in [2.05, 4.69) is 25.4 Å². The van der Waals surface area contributed by atoms with Crippen LogP contribution in [0.25, 0.3) is 0 Å². The van der Waals surface area contributed by atoms with Crippen LogP contribution in [0.4, 0.5) is 0 Å². The smallest absolute Gasteiger partial charge is 0.220 e. The van der Waals surface area contributed by atoms with Gasteiger partial charge in [-0.05, 0) is 13.3 Å². The molecule has 1 amide bonds. The molecule has 0 aliphatic rings. The first kappa shape index (κ1) is 14.1. The monoisotopic (exact) mass is 274 g/mol. The highest BCUT2D eigenvalue weighted by Gasteiger charge is 2.08. The van der Waals surface area contributed by atoms with Gasteiger partial charge in [-0.3, -0.25) is 19.4 Å². The number of nitrogens with one attached hydrogen (secondary N) is 1. The Morgan fingerprint density at radius 1 is 1.40 bits per heavy atom. The maximum Gasteiger partial charge on any atom is 0.220 e. The molecule has 0 bridgehead atoms.